The van der Waals surface area contributed by atoms with Gasteiger partial charge in [0.1, 0.15) is 11.4 Å². The number of anilines is 1. The lowest BCUT2D eigenvalue weighted by molar-refractivity contribution is 0.0580. The molecule has 1 heterocycles. The number of ether oxygens (including phenoxy) is 1. The van der Waals surface area contributed by atoms with Crippen molar-refractivity contribution >= 4 is 33.9 Å². The number of imide groups is 1. The van der Waals surface area contributed by atoms with Crippen molar-refractivity contribution in [3.05, 3.63) is 22.3 Å². The minimum Gasteiger partial charge on any atom is -0.464 e. The fourth-order valence-corrected chi connectivity index (χ4v) is 1.63. The second kappa shape index (κ2) is 6.19. The minimum absolute atomic E-state index is 0.140. The smallest absolute Gasteiger partial charge is 0.425 e. The number of halogens is 1. The first kappa shape index (κ1) is 16.4. The summed E-state index contributed by atoms with van der Waals surface area (Å²) in [5.74, 6) is -0.140. The molecule has 1 rings (SSSR count). The van der Waals surface area contributed by atoms with Gasteiger partial charge in [0.15, 0.2) is 0 Å². The summed E-state index contributed by atoms with van der Waals surface area (Å²) in [7, 11) is 0. The molecule has 0 spiro atoms. The quantitative estimate of drug-likeness (QED) is 0.853. The summed E-state index contributed by atoms with van der Waals surface area (Å²) in [4.78, 5) is 27.4. The maximum Gasteiger partial charge on any atom is 0.425 e. The molecule has 0 aromatic carbocycles. The predicted octanol–water partition coefficient (Wildman–Crippen LogP) is 2.76. The standard InChI is InChI=1S/C12H15BrN2O5/c1-12(2,3)20-11(19)15(10(17)18)9-5-4-7(13)8(6-16)14-9/h4-5,16H,6H2,1-3H3,(H,17,18). The van der Waals surface area contributed by atoms with E-state index in [0.717, 1.165) is 0 Å². The Bertz CT molecular complexity index is 527. The second-order valence-corrected chi connectivity index (χ2v) is 5.71. The molecule has 110 valence electrons. The molecule has 1 aromatic rings. The van der Waals surface area contributed by atoms with Crippen molar-refractivity contribution < 1.29 is 24.5 Å². The molecular weight excluding hydrogens is 332 g/mol. The van der Waals surface area contributed by atoms with Gasteiger partial charge in [0.2, 0.25) is 0 Å². The number of hydrogen-bond donors (Lipinski definition) is 2. The van der Waals surface area contributed by atoms with E-state index in [9.17, 15) is 9.59 Å². The number of aromatic nitrogens is 1. The monoisotopic (exact) mass is 346 g/mol. The summed E-state index contributed by atoms with van der Waals surface area (Å²) in [6, 6.07) is 2.83. The van der Waals surface area contributed by atoms with E-state index in [-0.39, 0.29) is 11.5 Å². The van der Waals surface area contributed by atoms with Crippen LogP contribution in [0.15, 0.2) is 16.6 Å². The molecule has 0 saturated heterocycles. The third-order valence-electron chi connectivity index (χ3n) is 2.05. The number of aliphatic hydroxyl groups excluding tert-OH is 1. The van der Waals surface area contributed by atoms with Crippen molar-refractivity contribution in [2.24, 2.45) is 0 Å². The van der Waals surface area contributed by atoms with E-state index in [4.69, 9.17) is 14.9 Å². The first-order valence-electron chi connectivity index (χ1n) is 5.68. The Morgan fingerprint density at radius 1 is 1.40 bits per heavy atom. The van der Waals surface area contributed by atoms with Crippen LogP contribution in [0.25, 0.3) is 0 Å². The highest BCUT2D eigenvalue weighted by Crippen LogP contribution is 2.22. The first-order chi connectivity index (χ1) is 9.15. The van der Waals surface area contributed by atoms with Gasteiger partial charge in [-0.3, -0.25) is 0 Å². The van der Waals surface area contributed by atoms with Crippen LogP contribution in [0, 0.1) is 0 Å². The Labute approximate surface area is 124 Å². The number of amides is 2. The maximum absolute atomic E-state index is 11.9. The number of rotatable bonds is 2. The van der Waals surface area contributed by atoms with Crippen LogP contribution in [-0.4, -0.2) is 33.0 Å². The third kappa shape index (κ3) is 4.17. The molecule has 0 fully saturated rings. The zero-order valence-corrected chi connectivity index (χ0v) is 12.8. The van der Waals surface area contributed by atoms with Crippen LogP contribution in [0.5, 0.6) is 0 Å². The fraction of sp³-hybridized carbons (Fsp3) is 0.417. The zero-order valence-electron chi connectivity index (χ0n) is 11.3. The molecule has 2 amide bonds. The lowest BCUT2D eigenvalue weighted by Crippen LogP contribution is -2.40. The molecule has 7 nitrogen and oxygen atoms in total. The van der Waals surface area contributed by atoms with Gasteiger partial charge in [0.05, 0.1) is 12.3 Å². The average Bonchev–Trinajstić information content (AvgIpc) is 2.28. The Morgan fingerprint density at radius 3 is 2.45 bits per heavy atom. The van der Waals surface area contributed by atoms with E-state index in [1.54, 1.807) is 20.8 Å². The molecule has 2 N–H and O–H groups in total. The van der Waals surface area contributed by atoms with E-state index in [1.165, 1.54) is 12.1 Å². The van der Waals surface area contributed by atoms with Crippen molar-refractivity contribution in [3.63, 3.8) is 0 Å². The van der Waals surface area contributed by atoms with Gasteiger partial charge in [-0.2, -0.15) is 4.90 Å². The van der Waals surface area contributed by atoms with Crippen LogP contribution in [-0.2, 0) is 11.3 Å². The van der Waals surface area contributed by atoms with Gasteiger partial charge < -0.3 is 14.9 Å². The highest BCUT2D eigenvalue weighted by atomic mass is 79.9. The molecule has 0 radical (unpaired) electrons. The van der Waals surface area contributed by atoms with Gasteiger partial charge in [-0.1, -0.05) is 0 Å². The Morgan fingerprint density at radius 2 is 2.00 bits per heavy atom. The predicted molar refractivity (Wildman–Crippen MR) is 74.6 cm³/mol. The van der Waals surface area contributed by atoms with Crippen LogP contribution in [0.2, 0.25) is 0 Å². The van der Waals surface area contributed by atoms with Gasteiger partial charge >= 0.3 is 12.2 Å². The van der Waals surface area contributed by atoms with Gasteiger partial charge in [0.25, 0.3) is 0 Å². The van der Waals surface area contributed by atoms with Gasteiger partial charge in [-0.25, -0.2) is 14.6 Å². The van der Waals surface area contributed by atoms with Crippen molar-refractivity contribution in [2.45, 2.75) is 33.0 Å². The number of carboxylic acid groups (broad SMARTS) is 1. The average molecular weight is 347 g/mol. The number of carbonyl (C=O) groups excluding carboxylic acids is 1. The first-order valence-corrected chi connectivity index (χ1v) is 6.47. The number of pyridine rings is 1. The van der Waals surface area contributed by atoms with Crippen molar-refractivity contribution in [2.75, 3.05) is 4.90 Å². The van der Waals surface area contributed by atoms with Crippen LogP contribution >= 0.6 is 15.9 Å². The molecule has 0 aliphatic heterocycles. The largest absolute Gasteiger partial charge is 0.464 e. The van der Waals surface area contributed by atoms with Gasteiger partial charge in [0, 0.05) is 4.47 Å². The molecule has 20 heavy (non-hydrogen) atoms. The van der Waals surface area contributed by atoms with Crippen molar-refractivity contribution in [1.29, 1.82) is 0 Å². The molecule has 0 aliphatic carbocycles. The Kier molecular flexibility index (Phi) is 5.07. The van der Waals surface area contributed by atoms with Crippen molar-refractivity contribution in [3.8, 4) is 0 Å². The van der Waals surface area contributed by atoms with Gasteiger partial charge in [-0.15, -0.1) is 0 Å². The Hall–Kier alpha value is -1.67. The van der Waals surface area contributed by atoms with Crippen LogP contribution < -0.4 is 4.90 Å². The summed E-state index contributed by atoms with van der Waals surface area (Å²) in [6.45, 7) is 4.48. The lowest BCUT2D eigenvalue weighted by atomic mass is 10.2. The lowest BCUT2D eigenvalue weighted by Gasteiger charge is -2.24. The van der Waals surface area contributed by atoms with E-state index in [0.29, 0.717) is 9.37 Å². The Balaban J connectivity index is 3.15. The molecule has 0 saturated carbocycles. The highest BCUT2D eigenvalue weighted by molar-refractivity contribution is 9.10. The highest BCUT2D eigenvalue weighted by Gasteiger charge is 2.29. The molecule has 1 aromatic heterocycles. The summed E-state index contributed by atoms with van der Waals surface area (Å²) in [6.07, 6.45) is -2.57. The van der Waals surface area contributed by atoms with E-state index < -0.39 is 24.4 Å². The summed E-state index contributed by atoms with van der Waals surface area (Å²) in [5.41, 5.74) is -0.614. The zero-order chi connectivity index (χ0) is 15.5. The molecular formula is C12H15BrN2O5. The minimum atomic E-state index is -1.52. The topological polar surface area (TPSA) is 100.0 Å². The van der Waals surface area contributed by atoms with Crippen LogP contribution in [0.4, 0.5) is 15.4 Å². The molecule has 8 heteroatoms. The van der Waals surface area contributed by atoms with E-state index in [1.807, 2.05) is 0 Å². The van der Waals surface area contributed by atoms with Crippen molar-refractivity contribution in [1.82, 2.24) is 4.98 Å². The number of nitrogens with zero attached hydrogens (tertiary/aromatic N) is 2. The van der Waals surface area contributed by atoms with Crippen LogP contribution in [0.1, 0.15) is 26.5 Å². The van der Waals surface area contributed by atoms with Crippen LogP contribution in [0.3, 0.4) is 0 Å². The maximum atomic E-state index is 11.9. The van der Waals surface area contributed by atoms with E-state index in [2.05, 4.69) is 20.9 Å². The summed E-state index contributed by atoms with van der Waals surface area (Å²) >= 11 is 3.16. The van der Waals surface area contributed by atoms with Gasteiger partial charge in [-0.05, 0) is 48.8 Å². The number of hydrogen-bond acceptors (Lipinski definition) is 5. The second-order valence-electron chi connectivity index (χ2n) is 4.85. The SMILES string of the molecule is CC(C)(C)OC(=O)N(C(=O)O)c1ccc(Br)c(CO)n1. The molecule has 0 aliphatic rings. The molecule has 0 atom stereocenters. The summed E-state index contributed by atoms with van der Waals surface area (Å²) < 4.78 is 5.52. The normalized spacial score (nSPS) is 11.1. The molecule has 0 bridgehead atoms. The fourth-order valence-electron chi connectivity index (χ4n) is 1.29. The van der Waals surface area contributed by atoms with E-state index >= 15 is 0 Å². The number of carbonyl (C=O) groups is 2. The number of aliphatic hydroxyl groups is 1. The molecule has 0 unspecified atom stereocenters. The summed E-state index contributed by atoms with van der Waals surface area (Å²) in [5, 5.41) is 18.3. The third-order valence-corrected chi connectivity index (χ3v) is 2.77.